The minimum atomic E-state index is -0.517. The molecule has 29 heavy (non-hydrogen) atoms. The highest BCUT2D eigenvalue weighted by Crippen LogP contribution is 2.55. The molecule has 168 valence electrons. The highest BCUT2D eigenvalue weighted by molar-refractivity contribution is 5.79. The zero-order valence-electron chi connectivity index (χ0n) is 19.2. The predicted molar refractivity (Wildman–Crippen MR) is 114 cm³/mol. The molecule has 0 bridgehead atoms. The van der Waals surface area contributed by atoms with Crippen LogP contribution in [0.25, 0.3) is 0 Å². The maximum Gasteiger partial charge on any atom is 0.225 e. The number of rotatable bonds is 8. The van der Waals surface area contributed by atoms with Crippen LogP contribution in [0.1, 0.15) is 66.7 Å². The summed E-state index contributed by atoms with van der Waals surface area (Å²) in [5, 5.41) is 14.6. The van der Waals surface area contributed by atoms with Gasteiger partial charge in [0, 0.05) is 38.6 Å². The molecular weight excluding hydrogens is 368 g/mol. The number of aliphatic hydroxyl groups excluding tert-OH is 1. The molecule has 6 nitrogen and oxygen atoms in total. The molecule has 2 amide bonds. The first-order chi connectivity index (χ1) is 13.7. The number of hydrogen-bond acceptors (Lipinski definition) is 4. The van der Waals surface area contributed by atoms with E-state index >= 15 is 0 Å². The van der Waals surface area contributed by atoms with E-state index in [0.717, 1.165) is 25.7 Å². The lowest BCUT2D eigenvalue weighted by Gasteiger charge is -2.56. The summed E-state index contributed by atoms with van der Waals surface area (Å²) < 4.78 is 5.01. The van der Waals surface area contributed by atoms with E-state index in [1.807, 2.05) is 25.7 Å². The number of nitrogens with one attached hydrogen (secondary N) is 1. The SMILES string of the molecule is CCN(CC)C(=O)[C@@H](C)[C@H]1CC[C@@]2(C)CC[C@H](NC(=O)CCOC)[C@@H](C)[C@@H]2[C@H]1O. The molecular formula is C23H42N2O4. The number of carbonyl (C=O) groups excluding carboxylic acids is 2. The van der Waals surface area contributed by atoms with Crippen molar-refractivity contribution in [2.24, 2.45) is 29.1 Å². The largest absolute Gasteiger partial charge is 0.392 e. The van der Waals surface area contributed by atoms with Crippen LogP contribution in [0, 0.1) is 29.1 Å². The van der Waals surface area contributed by atoms with E-state index in [2.05, 4.69) is 19.2 Å². The molecule has 0 saturated heterocycles. The molecule has 2 aliphatic rings. The highest BCUT2D eigenvalue weighted by Gasteiger charge is 2.54. The number of aliphatic hydroxyl groups is 1. The third-order valence-corrected chi connectivity index (χ3v) is 7.87. The molecule has 7 atom stereocenters. The van der Waals surface area contributed by atoms with E-state index in [1.165, 1.54) is 0 Å². The van der Waals surface area contributed by atoms with Crippen LogP contribution in [0.5, 0.6) is 0 Å². The van der Waals surface area contributed by atoms with Crippen LogP contribution in [0.4, 0.5) is 0 Å². The van der Waals surface area contributed by atoms with Gasteiger partial charge in [0.25, 0.3) is 0 Å². The quantitative estimate of drug-likeness (QED) is 0.645. The minimum Gasteiger partial charge on any atom is -0.392 e. The molecule has 2 saturated carbocycles. The molecule has 6 heteroatoms. The van der Waals surface area contributed by atoms with Gasteiger partial charge in [-0.15, -0.1) is 0 Å². The van der Waals surface area contributed by atoms with E-state index in [4.69, 9.17) is 4.74 Å². The zero-order valence-corrected chi connectivity index (χ0v) is 19.2. The van der Waals surface area contributed by atoms with Gasteiger partial charge < -0.3 is 20.1 Å². The lowest BCUT2D eigenvalue weighted by Crippen LogP contribution is -2.58. The van der Waals surface area contributed by atoms with Crippen molar-refractivity contribution in [1.29, 1.82) is 0 Å². The Bertz CT molecular complexity index is 565. The van der Waals surface area contributed by atoms with Crippen molar-refractivity contribution in [2.45, 2.75) is 78.9 Å². The Morgan fingerprint density at radius 3 is 2.45 bits per heavy atom. The van der Waals surface area contributed by atoms with Crippen molar-refractivity contribution < 1.29 is 19.4 Å². The summed E-state index contributed by atoms with van der Waals surface area (Å²) in [5.74, 6) is 0.225. The van der Waals surface area contributed by atoms with Crippen molar-refractivity contribution >= 4 is 11.8 Å². The molecule has 0 heterocycles. The number of methoxy groups -OCH3 is 1. The maximum absolute atomic E-state index is 12.9. The molecule has 2 aliphatic carbocycles. The van der Waals surface area contributed by atoms with E-state index < -0.39 is 6.10 Å². The van der Waals surface area contributed by atoms with Crippen molar-refractivity contribution in [3.05, 3.63) is 0 Å². The van der Waals surface area contributed by atoms with Crippen LogP contribution in [0.15, 0.2) is 0 Å². The summed E-state index contributed by atoms with van der Waals surface area (Å²) in [7, 11) is 1.60. The Hall–Kier alpha value is -1.14. The van der Waals surface area contributed by atoms with Gasteiger partial charge in [-0.25, -0.2) is 0 Å². The van der Waals surface area contributed by atoms with Gasteiger partial charge in [-0.1, -0.05) is 20.8 Å². The van der Waals surface area contributed by atoms with Gasteiger partial charge in [0.1, 0.15) is 0 Å². The van der Waals surface area contributed by atoms with Crippen LogP contribution >= 0.6 is 0 Å². The Labute approximate surface area is 176 Å². The van der Waals surface area contributed by atoms with E-state index in [0.29, 0.717) is 26.1 Å². The third-order valence-electron chi connectivity index (χ3n) is 7.87. The summed E-state index contributed by atoms with van der Waals surface area (Å²) in [4.78, 5) is 27.0. The molecule has 0 aromatic heterocycles. The molecule has 2 fully saturated rings. The first-order valence-corrected chi connectivity index (χ1v) is 11.4. The number of ether oxygens (including phenoxy) is 1. The molecule has 0 unspecified atom stereocenters. The van der Waals surface area contributed by atoms with Gasteiger partial charge in [-0.2, -0.15) is 0 Å². The summed E-state index contributed by atoms with van der Waals surface area (Å²) in [6, 6.07) is 0.0691. The van der Waals surface area contributed by atoms with Crippen molar-refractivity contribution in [3.63, 3.8) is 0 Å². The molecule has 2 rings (SSSR count). The van der Waals surface area contributed by atoms with Crippen molar-refractivity contribution in [2.75, 3.05) is 26.8 Å². The Balaban J connectivity index is 2.13. The van der Waals surface area contributed by atoms with Gasteiger partial charge in [0.15, 0.2) is 0 Å². The fraction of sp³-hybridized carbons (Fsp3) is 0.913. The van der Waals surface area contributed by atoms with Gasteiger partial charge in [0.2, 0.25) is 11.8 Å². The first kappa shape index (κ1) is 24.1. The summed E-state index contributed by atoms with van der Waals surface area (Å²) >= 11 is 0. The van der Waals surface area contributed by atoms with Gasteiger partial charge >= 0.3 is 0 Å². The van der Waals surface area contributed by atoms with Crippen molar-refractivity contribution in [1.82, 2.24) is 10.2 Å². The first-order valence-electron chi connectivity index (χ1n) is 11.4. The fourth-order valence-corrected chi connectivity index (χ4v) is 5.98. The lowest BCUT2D eigenvalue weighted by atomic mass is 9.51. The Morgan fingerprint density at radius 1 is 1.24 bits per heavy atom. The van der Waals surface area contributed by atoms with Crippen LogP contribution in [0.2, 0.25) is 0 Å². The molecule has 0 aromatic rings. The van der Waals surface area contributed by atoms with E-state index in [-0.39, 0.29) is 46.9 Å². The minimum absolute atomic E-state index is 0.0132. The summed E-state index contributed by atoms with van der Waals surface area (Å²) in [6.45, 7) is 12.3. The lowest BCUT2D eigenvalue weighted by molar-refractivity contribution is -0.150. The van der Waals surface area contributed by atoms with Crippen molar-refractivity contribution in [3.8, 4) is 0 Å². The summed E-state index contributed by atoms with van der Waals surface area (Å²) in [6.07, 6.45) is 3.71. The van der Waals surface area contributed by atoms with Gasteiger partial charge in [-0.05, 0) is 62.7 Å². The second-order valence-electron chi connectivity index (χ2n) is 9.49. The monoisotopic (exact) mass is 410 g/mol. The number of hydrogen-bond donors (Lipinski definition) is 2. The highest BCUT2D eigenvalue weighted by atomic mass is 16.5. The molecule has 0 spiro atoms. The van der Waals surface area contributed by atoms with E-state index in [1.54, 1.807) is 7.11 Å². The van der Waals surface area contributed by atoms with Crippen LogP contribution in [-0.2, 0) is 14.3 Å². The smallest absolute Gasteiger partial charge is 0.225 e. The van der Waals surface area contributed by atoms with Crippen LogP contribution in [-0.4, -0.2) is 60.8 Å². The Morgan fingerprint density at radius 2 is 1.86 bits per heavy atom. The van der Waals surface area contributed by atoms with Gasteiger partial charge in [0.05, 0.1) is 12.7 Å². The zero-order chi connectivity index (χ0) is 21.8. The number of amides is 2. The predicted octanol–water partition coefficient (Wildman–Crippen LogP) is 2.84. The molecule has 2 N–H and O–H groups in total. The number of fused-ring (bicyclic) bond motifs is 1. The Kier molecular flexibility index (Phi) is 8.53. The number of nitrogens with zero attached hydrogens (tertiary/aromatic N) is 1. The third kappa shape index (κ3) is 5.13. The molecule has 0 aromatic carbocycles. The van der Waals surface area contributed by atoms with Gasteiger partial charge in [-0.3, -0.25) is 9.59 Å². The topological polar surface area (TPSA) is 78.9 Å². The maximum atomic E-state index is 12.9. The normalized spacial score (nSPS) is 35.5. The summed E-state index contributed by atoms with van der Waals surface area (Å²) in [5.41, 5.74) is 0.0705. The second-order valence-corrected chi connectivity index (χ2v) is 9.49. The van der Waals surface area contributed by atoms with Crippen LogP contribution in [0.3, 0.4) is 0 Å². The average Bonchev–Trinajstić information content (AvgIpc) is 2.69. The molecule has 0 radical (unpaired) electrons. The standard InChI is InChI=1S/C23H42N2O4/c1-7-25(8-2)22(28)15(3)17-9-12-23(5)13-10-18(16(4)20(23)21(17)27)24-19(26)11-14-29-6/h15-18,20-21,27H,7-14H2,1-6H3,(H,24,26)/t15-,16+,17+,18-,20+,21-,23-/m0/s1. The molecule has 0 aliphatic heterocycles. The van der Waals surface area contributed by atoms with E-state index in [9.17, 15) is 14.7 Å². The van der Waals surface area contributed by atoms with Crippen LogP contribution < -0.4 is 5.32 Å². The average molecular weight is 411 g/mol. The second kappa shape index (κ2) is 10.3. The fourth-order valence-electron chi connectivity index (χ4n) is 5.98. The number of carbonyl (C=O) groups is 2.